The lowest BCUT2D eigenvalue weighted by Gasteiger charge is -2.33. The van der Waals surface area contributed by atoms with E-state index in [4.69, 9.17) is 0 Å². The number of piperidine rings is 1. The molecule has 1 heterocycles. The number of amides is 1. The maximum Gasteiger partial charge on any atom is 0.401 e. The van der Waals surface area contributed by atoms with Crippen molar-refractivity contribution in [1.29, 1.82) is 0 Å². The summed E-state index contributed by atoms with van der Waals surface area (Å²) in [5, 5.41) is 1.93. The van der Waals surface area contributed by atoms with Crippen LogP contribution in [0.5, 0.6) is 0 Å². The molecule has 0 saturated carbocycles. The second-order valence-corrected chi connectivity index (χ2v) is 4.42. The van der Waals surface area contributed by atoms with Gasteiger partial charge in [-0.2, -0.15) is 26.3 Å². The Bertz CT molecular complexity index is 306. The van der Waals surface area contributed by atoms with Crippen LogP contribution in [0.4, 0.5) is 26.3 Å². The van der Waals surface area contributed by atoms with E-state index in [9.17, 15) is 31.1 Å². The van der Waals surface area contributed by atoms with Gasteiger partial charge in [-0.15, -0.1) is 0 Å². The van der Waals surface area contributed by atoms with Crippen molar-refractivity contribution in [3.05, 3.63) is 0 Å². The first kappa shape index (κ1) is 16.1. The first-order valence-electron chi connectivity index (χ1n) is 5.71. The number of nitrogens with zero attached hydrogens (tertiary/aromatic N) is 1. The molecular weight excluding hydrogens is 278 g/mol. The van der Waals surface area contributed by atoms with E-state index in [1.807, 2.05) is 5.32 Å². The molecule has 112 valence electrons. The number of alkyl halides is 6. The fraction of sp³-hybridized carbons (Fsp3) is 0.900. The fourth-order valence-electron chi connectivity index (χ4n) is 1.88. The second-order valence-electron chi connectivity index (χ2n) is 4.42. The highest BCUT2D eigenvalue weighted by atomic mass is 19.4. The number of hydrogen-bond donors (Lipinski definition) is 1. The molecule has 0 bridgehead atoms. The molecular formula is C10H14F6N2O. The first-order chi connectivity index (χ1) is 8.59. The van der Waals surface area contributed by atoms with Gasteiger partial charge in [0, 0.05) is 13.1 Å². The fourth-order valence-corrected chi connectivity index (χ4v) is 1.88. The number of carbonyl (C=O) groups excluding carboxylic acids is 1. The summed E-state index contributed by atoms with van der Waals surface area (Å²) >= 11 is 0. The molecule has 3 nitrogen and oxygen atoms in total. The minimum atomic E-state index is -4.41. The minimum absolute atomic E-state index is 0.0727. The Labute approximate surface area is 105 Å². The summed E-state index contributed by atoms with van der Waals surface area (Å²) in [6.07, 6.45) is -9.09. The molecule has 1 aliphatic rings. The monoisotopic (exact) mass is 292 g/mol. The van der Waals surface area contributed by atoms with Gasteiger partial charge in [0.15, 0.2) is 0 Å². The van der Waals surface area contributed by atoms with Crippen LogP contribution in [0.15, 0.2) is 0 Å². The second kappa shape index (κ2) is 5.98. The number of nitrogens with one attached hydrogen (secondary N) is 1. The lowest BCUT2D eigenvalue weighted by atomic mass is 9.96. The number of rotatable bonds is 3. The lowest BCUT2D eigenvalue weighted by Crippen LogP contribution is -2.46. The summed E-state index contributed by atoms with van der Waals surface area (Å²) in [6.45, 7) is -1.96. The molecule has 0 atom stereocenters. The van der Waals surface area contributed by atoms with Crippen molar-refractivity contribution in [3.8, 4) is 0 Å². The highest BCUT2D eigenvalue weighted by Gasteiger charge is 2.41. The van der Waals surface area contributed by atoms with Gasteiger partial charge in [0.25, 0.3) is 0 Å². The van der Waals surface area contributed by atoms with Gasteiger partial charge in [-0.3, -0.25) is 4.79 Å². The zero-order chi connectivity index (χ0) is 14.7. The Kier molecular flexibility index (Phi) is 5.05. The molecule has 1 N–H and O–H groups in total. The standard InChI is InChI=1S/C10H14F6N2O/c11-9(12,13)6-17-5-8(19)18-3-1-7(2-4-18)10(14,15)16/h7,17H,1-6H2. The predicted octanol–water partition coefficient (Wildman–Crippen LogP) is 1.94. The number of halogens is 6. The average molecular weight is 292 g/mol. The number of likely N-dealkylation sites (tertiary alicyclic amines) is 1. The van der Waals surface area contributed by atoms with E-state index < -0.39 is 37.3 Å². The van der Waals surface area contributed by atoms with Crippen molar-refractivity contribution in [3.63, 3.8) is 0 Å². The summed E-state index contributed by atoms with van der Waals surface area (Å²) in [6, 6.07) is 0. The van der Waals surface area contributed by atoms with E-state index in [0.29, 0.717) is 0 Å². The van der Waals surface area contributed by atoms with Gasteiger partial charge >= 0.3 is 12.4 Å². The van der Waals surface area contributed by atoms with Gasteiger partial charge in [0.2, 0.25) is 5.91 Å². The first-order valence-corrected chi connectivity index (χ1v) is 5.71. The van der Waals surface area contributed by atoms with Crippen molar-refractivity contribution in [2.24, 2.45) is 5.92 Å². The van der Waals surface area contributed by atoms with Crippen molar-refractivity contribution >= 4 is 5.91 Å². The van der Waals surface area contributed by atoms with Crippen LogP contribution in [0.2, 0.25) is 0 Å². The highest BCUT2D eigenvalue weighted by molar-refractivity contribution is 5.78. The van der Waals surface area contributed by atoms with Crippen LogP contribution in [-0.2, 0) is 4.79 Å². The Morgan fingerprint density at radius 3 is 2.05 bits per heavy atom. The Morgan fingerprint density at radius 2 is 1.63 bits per heavy atom. The zero-order valence-electron chi connectivity index (χ0n) is 9.94. The van der Waals surface area contributed by atoms with Crippen LogP contribution < -0.4 is 5.32 Å². The maximum atomic E-state index is 12.4. The molecule has 1 rings (SSSR count). The molecule has 1 aliphatic heterocycles. The number of hydrogen-bond acceptors (Lipinski definition) is 2. The Hall–Kier alpha value is -0.990. The Morgan fingerprint density at radius 1 is 1.11 bits per heavy atom. The van der Waals surface area contributed by atoms with E-state index in [0.717, 1.165) is 4.90 Å². The van der Waals surface area contributed by atoms with Crippen molar-refractivity contribution in [2.45, 2.75) is 25.2 Å². The van der Waals surface area contributed by atoms with E-state index in [-0.39, 0.29) is 25.9 Å². The van der Waals surface area contributed by atoms with Crippen LogP contribution in [0, 0.1) is 5.92 Å². The van der Waals surface area contributed by atoms with Gasteiger partial charge in [-0.05, 0) is 12.8 Å². The summed E-state index contributed by atoms with van der Waals surface area (Å²) < 4.78 is 72.5. The molecule has 0 spiro atoms. The summed E-state index contributed by atoms with van der Waals surface area (Å²) in [4.78, 5) is 12.6. The van der Waals surface area contributed by atoms with Crippen molar-refractivity contribution in [1.82, 2.24) is 10.2 Å². The maximum absolute atomic E-state index is 12.4. The molecule has 1 amide bonds. The quantitative estimate of drug-likeness (QED) is 0.806. The SMILES string of the molecule is O=C(CNCC(F)(F)F)N1CCC(C(F)(F)F)CC1. The molecule has 1 saturated heterocycles. The molecule has 1 fully saturated rings. The molecule has 0 aromatic heterocycles. The van der Waals surface area contributed by atoms with E-state index >= 15 is 0 Å². The van der Waals surface area contributed by atoms with Crippen LogP contribution in [0.1, 0.15) is 12.8 Å². The predicted molar refractivity (Wildman–Crippen MR) is 54.3 cm³/mol. The normalized spacial score (nSPS) is 18.7. The summed E-state index contributed by atoms with van der Waals surface area (Å²) in [5.41, 5.74) is 0. The van der Waals surface area contributed by atoms with Gasteiger partial charge in [-0.25, -0.2) is 0 Å². The highest BCUT2D eigenvalue weighted by Crippen LogP contribution is 2.33. The number of carbonyl (C=O) groups is 1. The molecule has 0 aliphatic carbocycles. The third-order valence-electron chi connectivity index (χ3n) is 2.91. The smallest absolute Gasteiger partial charge is 0.342 e. The van der Waals surface area contributed by atoms with Gasteiger partial charge in [0.05, 0.1) is 19.0 Å². The molecule has 0 aromatic rings. The van der Waals surface area contributed by atoms with Crippen LogP contribution in [0.3, 0.4) is 0 Å². The summed E-state index contributed by atoms with van der Waals surface area (Å²) in [5.74, 6) is -2.04. The van der Waals surface area contributed by atoms with E-state index in [1.54, 1.807) is 0 Å². The molecule has 0 radical (unpaired) electrons. The summed E-state index contributed by atoms with van der Waals surface area (Å²) in [7, 11) is 0. The molecule has 0 aromatic carbocycles. The van der Waals surface area contributed by atoms with Gasteiger partial charge < -0.3 is 10.2 Å². The molecule has 9 heteroatoms. The average Bonchev–Trinajstić information content (AvgIpc) is 2.26. The van der Waals surface area contributed by atoms with Gasteiger partial charge in [0.1, 0.15) is 0 Å². The third kappa shape index (κ3) is 5.66. The van der Waals surface area contributed by atoms with Crippen molar-refractivity contribution in [2.75, 3.05) is 26.2 Å². The topological polar surface area (TPSA) is 32.3 Å². The lowest BCUT2D eigenvalue weighted by molar-refractivity contribution is -0.186. The van der Waals surface area contributed by atoms with Gasteiger partial charge in [-0.1, -0.05) is 0 Å². The molecule has 0 unspecified atom stereocenters. The van der Waals surface area contributed by atoms with Crippen LogP contribution >= 0.6 is 0 Å². The van der Waals surface area contributed by atoms with E-state index in [1.165, 1.54) is 0 Å². The van der Waals surface area contributed by atoms with E-state index in [2.05, 4.69) is 0 Å². The zero-order valence-corrected chi connectivity index (χ0v) is 9.94. The molecule has 19 heavy (non-hydrogen) atoms. The van der Waals surface area contributed by atoms with Crippen molar-refractivity contribution < 1.29 is 31.1 Å². The third-order valence-corrected chi connectivity index (χ3v) is 2.91. The van der Waals surface area contributed by atoms with Crippen LogP contribution in [0.25, 0.3) is 0 Å². The van der Waals surface area contributed by atoms with Crippen LogP contribution in [-0.4, -0.2) is 49.3 Å². The Balaban J connectivity index is 2.29. The minimum Gasteiger partial charge on any atom is -0.342 e. The largest absolute Gasteiger partial charge is 0.401 e.